The lowest BCUT2D eigenvalue weighted by Gasteiger charge is -2.36. The summed E-state index contributed by atoms with van der Waals surface area (Å²) < 4.78 is 0. The van der Waals surface area contributed by atoms with Crippen LogP contribution in [0.3, 0.4) is 0 Å². The third-order valence-corrected chi connectivity index (χ3v) is 6.43. The van der Waals surface area contributed by atoms with E-state index in [0.717, 1.165) is 38.8 Å². The summed E-state index contributed by atoms with van der Waals surface area (Å²) in [5.41, 5.74) is 11.5. The smallest absolute Gasteiger partial charge is 0.251 e. The Balaban J connectivity index is 1.49. The molecule has 2 aliphatic rings. The molecule has 0 radical (unpaired) electrons. The summed E-state index contributed by atoms with van der Waals surface area (Å²) in [5, 5.41) is 2.88. The standard InChI is InChI=1S/C27H35N7O2/c1-3-15-29-27(35)21-9-11-22(12-10-21)30-25-26(32-24(33-36-2)23(28)31-25)34-16-13-20(14-17-34)18-19-7-5-4-6-8-19/h4-12,20,26H,3,13-18H2,1-2H3,(H,29,35)(H,32,33)(H2,28,30,31). The maximum absolute atomic E-state index is 12.2. The summed E-state index contributed by atoms with van der Waals surface area (Å²) >= 11 is 0. The lowest BCUT2D eigenvalue weighted by Crippen LogP contribution is -2.50. The van der Waals surface area contributed by atoms with Gasteiger partial charge in [-0.2, -0.15) is 0 Å². The van der Waals surface area contributed by atoms with Gasteiger partial charge in [-0.15, -0.1) is 0 Å². The van der Waals surface area contributed by atoms with E-state index >= 15 is 0 Å². The summed E-state index contributed by atoms with van der Waals surface area (Å²) in [7, 11) is 1.52. The van der Waals surface area contributed by atoms with Crippen LogP contribution in [0.15, 0.2) is 69.6 Å². The quantitative estimate of drug-likeness (QED) is 0.493. The van der Waals surface area contributed by atoms with Gasteiger partial charge in [0.2, 0.25) is 0 Å². The van der Waals surface area contributed by atoms with E-state index in [-0.39, 0.29) is 17.9 Å². The monoisotopic (exact) mass is 489 g/mol. The van der Waals surface area contributed by atoms with Crippen molar-refractivity contribution in [1.82, 2.24) is 15.7 Å². The number of likely N-dealkylation sites (tertiary alicyclic amines) is 1. The van der Waals surface area contributed by atoms with Gasteiger partial charge in [0.15, 0.2) is 23.7 Å². The zero-order valence-corrected chi connectivity index (χ0v) is 21.0. The molecule has 2 aliphatic heterocycles. The van der Waals surface area contributed by atoms with Crippen LogP contribution < -0.4 is 16.5 Å². The van der Waals surface area contributed by atoms with Crippen molar-refractivity contribution in [1.29, 1.82) is 0 Å². The summed E-state index contributed by atoms with van der Waals surface area (Å²) in [4.78, 5) is 33.7. The van der Waals surface area contributed by atoms with Gasteiger partial charge in [-0.3, -0.25) is 14.5 Å². The van der Waals surface area contributed by atoms with Crippen molar-refractivity contribution in [2.75, 3.05) is 26.7 Å². The van der Waals surface area contributed by atoms with Crippen LogP contribution in [-0.2, 0) is 11.3 Å². The van der Waals surface area contributed by atoms with Crippen molar-refractivity contribution in [3.8, 4) is 0 Å². The topological polar surface area (TPSA) is 117 Å². The second-order valence-corrected chi connectivity index (χ2v) is 9.10. The molecule has 0 aromatic heterocycles. The molecule has 4 N–H and O–H groups in total. The predicted octanol–water partition coefficient (Wildman–Crippen LogP) is 3.06. The van der Waals surface area contributed by atoms with E-state index in [1.165, 1.54) is 12.7 Å². The fraction of sp³-hybridized carbons (Fsp3) is 0.407. The van der Waals surface area contributed by atoms with Gasteiger partial charge in [-0.1, -0.05) is 37.3 Å². The molecule has 0 bridgehead atoms. The highest BCUT2D eigenvalue weighted by atomic mass is 16.6. The summed E-state index contributed by atoms with van der Waals surface area (Å²) in [6.45, 7) is 4.44. The number of rotatable bonds is 8. The average Bonchev–Trinajstić information content (AvgIpc) is 2.90. The average molecular weight is 490 g/mol. The molecule has 0 aliphatic carbocycles. The van der Waals surface area contributed by atoms with Gasteiger partial charge in [0, 0.05) is 25.2 Å². The van der Waals surface area contributed by atoms with Crippen LogP contribution in [0, 0.1) is 5.92 Å². The molecule has 2 heterocycles. The van der Waals surface area contributed by atoms with Crippen LogP contribution >= 0.6 is 0 Å². The molecule has 1 saturated heterocycles. The molecule has 9 heteroatoms. The van der Waals surface area contributed by atoms with Crippen LogP contribution in [0.1, 0.15) is 42.1 Å². The number of carbonyl (C=O) groups excluding carboxylic acids is 1. The number of hydrogen-bond donors (Lipinski definition) is 3. The van der Waals surface area contributed by atoms with E-state index in [1.807, 2.05) is 19.1 Å². The van der Waals surface area contributed by atoms with Crippen molar-refractivity contribution in [3.05, 3.63) is 65.7 Å². The fourth-order valence-electron chi connectivity index (χ4n) is 4.49. The lowest BCUT2D eigenvalue weighted by atomic mass is 9.90. The molecule has 36 heavy (non-hydrogen) atoms. The van der Waals surface area contributed by atoms with Gasteiger partial charge in [-0.05, 0) is 61.4 Å². The first-order valence-electron chi connectivity index (χ1n) is 12.5. The molecule has 2 aromatic rings. The highest BCUT2D eigenvalue weighted by Gasteiger charge is 2.32. The number of amides is 1. The molecular weight excluding hydrogens is 454 g/mol. The minimum absolute atomic E-state index is 0.0906. The van der Waals surface area contributed by atoms with E-state index < -0.39 is 0 Å². The molecule has 1 unspecified atom stereocenters. The number of nitrogens with zero attached hydrogens (tertiary/aromatic N) is 4. The van der Waals surface area contributed by atoms with Crippen LogP contribution in [0.5, 0.6) is 0 Å². The molecule has 190 valence electrons. The van der Waals surface area contributed by atoms with Gasteiger partial charge >= 0.3 is 0 Å². The largest absolute Gasteiger partial charge is 0.381 e. The van der Waals surface area contributed by atoms with Crippen molar-refractivity contribution in [2.24, 2.45) is 26.6 Å². The van der Waals surface area contributed by atoms with Crippen LogP contribution in [0.4, 0.5) is 5.69 Å². The van der Waals surface area contributed by atoms with Crippen LogP contribution in [-0.4, -0.2) is 61.2 Å². The molecule has 9 nitrogen and oxygen atoms in total. The Kier molecular flexibility index (Phi) is 8.80. The zero-order chi connectivity index (χ0) is 25.3. The van der Waals surface area contributed by atoms with Gasteiger partial charge in [0.1, 0.15) is 0 Å². The number of hydrogen-bond acceptors (Lipinski definition) is 7. The Bertz CT molecular complexity index is 1100. The highest BCUT2D eigenvalue weighted by Crippen LogP contribution is 2.25. The zero-order valence-electron chi connectivity index (χ0n) is 21.0. The first-order chi connectivity index (χ1) is 17.6. The maximum Gasteiger partial charge on any atom is 0.251 e. The molecule has 4 rings (SSSR count). The molecule has 1 atom stereocenters. The third kappa shape index (κ3) is 6.56. The van der Waals surface area contributed by atoms with Crippen molar-refractivity contribution < 1.29 is 9.63 Å². The van der Waals surface area contributed by atoms with E-state index in [0.29, 0.717) is 35.4 Å². The van der Waals surface area contributed by atoms with Gasteiger partial charge < -0.3 is 11.1 Å². The first kappa shape index (κ1) is 25.5. The Morgan fingerprint density at radius 2 is 1.86 bits per heavy atom. The summed E-state index contributed by atoms with van der Waals surface area (Å²) in [5.74, 6) is 1.69. The minimum atomic E-state index is -0.375. The number of hydroxylamine groups is 1. The molecule has 0 saturated carbocycles. The summed E-state index contributed by atoms with van der Waals surface area (Å²) in [6.07, 6.45) is 3.75. The van der Waals surface area contributed by atoms with Crippen LogP contribution in [0.2, 0.25) is 0 Å². The van der Waals surface area contributed by atoms with Crippen molar-refractivity contribution >= 4 is 29.1 Å². The Hall–Kier alpha value is -3.56. The molecular formula is C27H35N7O2. The molecule has 1 amide bonds. The third-order valence-electron chi connectivity index (χ3n) is 6.43. The number of carbonyl (C=O) groups is 1. The number of nitrogens with two attached hydrogens (primary N) is 1. The molecule has 2 aromatic carbocycles. The fourth-order valence-corrected chi connectivity index (χ4v) is 4.49. The number of nitrogens with one attached hydrogen (secondary N) is 2. The number of piperidine rings is 1. The number of amidine groups is 3. The lowest BCUT2D eigenvalue weighted by molar-refractivity contribution is 0.0953. The van der Waals surface area contributed by atoms with E-state index in [2.05, 4.69) is 51.0 Å². The van der Waals surface area contributed by atoms with E-state index in [1.54, 1.807) is 12.1 Å². The van der Waals surface area contributed by atoms with Crippen molar-refractivity contribution in [3.63, 3.8) is 0 Å². The predicted molar refractivity (Wildman–Crippen MR) is 144 cm³/mol. The second kappa shape index (κ2) is 12.4. The number of aliphatic imine (C=N–C) groups is 3. The first-order valence-corrected chi connectivity index (χ1v) is 12.5. The Morgan fingerprint density at radius 3 is 2.53 bits per heavy atom. The maximum atomic E-state index is 12.2. The Morgan fingerprint density at radius 1 is 1.14 bits per heavy atom. The highest BCUT2D eigenvalue weighted by molar-refractivity contribution is 6.42. The normalized spacial score (nSPS) is 20.1. The van der Waals surface area contributed by atoms with Gasteiger partial charge in [0.25, 0.3) is 5.91 Å². The number of benzene rings is 2. The summed E-state index contributed by atoms with van der Waals surface area (Å²) in [6, 6.07) is 17.8. The van der Waals surface area contributed by atoms with Gasteiger partial charge in [0.05, 0.1) is 12.8 Å². The van der Waals surface area contributed by atoms with E-state index in [9.17, 15) is 4.79 Å². The van der Waals surface area contributed by atoms with E-state index in [4.69, 9.17) is 20.6 Å². The van der Waals surface area contributed by atoms with Crippen LogP contribution in [0.25, 0.3) is 0 Å². The molecule has 0 spiro atoms. The van der Waals surface area contributed by atoms with Gasteiger partial charge in [-0.25, -0.2) is 20.5 Å². The second-order valence-electron chi connectivity index (χ2n) is 9.10. The van der Waals surface area contributed by atoms with Crippen molar-refractivity contribution in [2.45, 2.75) is 38.8 Å². The SMILES string of the molecule is CCCNC(=O)c1ccc(N=C2N=C(N)C(NOC)=NC2N2CCC(Cc3ccccc3)CC2)cc1. The molecule has 1 fully saturated rings. The Labute approximate surface area is 212 Å². The minimum Gasteiger partial charge on any atom is -0.381 e.